The van der Waals surface area contributed by atoms with Crippen LogP contribution in [0.2, 0.25) is 15.1 Å². The highest BCUT2D eigenvalue weighted by Gasteiger charge is 2.10. The summed E-state index contributed by atoms with van der Waals surface area (Å²) in [5.41, 5.74) is 0.659. The lowest BCUT2D eigenvalue weighted by molar-refractivity contribution is -0.118. The average Bonchev–Trinajstić information content (AvgIpc) is 2.44. The molecule has 0 saturated heterocycles. The summed E-state index contributed by atoms with van der Waals surface area (Å²) >= 11 is 21.0. The fourth-order valence-electron chi connectivity index (χ4n) is 1.51. The van der Waals surface area contributed by atoms with Gasteiger partial charge in [-0.2, -0.15) is 0 Å². The largest absolute Gasteiger partial charge is 0.482 e. The van der Waals surface area contributed by atoms with Crippen molar-refractivity contribution in [1.82, 2.24) is 0 Å². The van der Waals surface area contributed by atoms with Gasteiger partial charge in [0.05, 0.1) is 20.8 Å². The predicted octanol–water partition coefficient (Wildman–Crippen LogP) is 5.43. The van der Waals surface area contributed by atoms with Crippen LogP contribution in [-0.2, 0) is 4.79 Å². The maximum Gasteiger partial charge on any atom is 0.262 e. The van der Waals surface area contributed by atoms with E-state index in [1.807, 2.05) is 18.2 Å². The lowest BCUT2D eigenvalue weighted by atomic mass is 10.3. The zero-order valence-corrected chi connectivity index (χ0v) is 14.4. The van der Waals surface area contributed by atoms with Gasteiger partial charge in [-0.15, -0.1) is 0 Å². The lowest BCUT2D eigenvalue weighted by Gasteiger charge is -2.10. The molecule has 2 aromatic rings. The molecule has 0 aliphatic carbocycles. The van der Waals surface area contributed by atoms with Gasteiger partial charge in [0.2, 0.25) is 0 Å². The highest BCUT2D eigenvalue weighted by molar-refractivity contribution is 9.10. The van der Waals surface area contributed by atoms with Crippen molar-refractivity contribution in [3.8, 4) is 5.75 Å². The fraction of sp³-hybridized carbons (Fsp3) is 0.0714. The van der Waals surface area contributed by atoms with Gasteiger partial charge in [0.15, 0.2) is 6.61 Å². The number of hydrogen-bond donors (Lipinski definition) is 1. The van der Waals surface area contributed by atoms with Crippen LogP contribution in [0.5, 0.6) is 5.75 Å². The molecule has 1 amide bonds. The van der Waals surface area contributed by atoms with Gasteiger partial charge in [-0.05, 0) is 34.1 Å². The smallest absolute Gasteiger partial charge is 0.262 e. The van der Waals surface area contributed by atoms with E-state index in [-0.39, 0.29) is 17.5 Å². The van der Waals surface area contributed by atoms with Crippen molar-refractivity contribution in [2.75, 3.05) is 11.9 Å². The first-order valence-electron chi connectivity index (χ1n) is 5.79. The van der Waals surface area contributed by atoms with Crippen molar-refractivity contribution in [2.45, 2.75) is 0 Å². The minimum absolute atomic E-state index is 0.195. The molecule has 0 aliphatic heterocycles. The number of amides is 1. The first kappa shape index (κ1) is 16.4. The van der Waals surface area contributed by atoms with E-state index < -0.39 is 0 Å². The Morgan fingerprint density at radius 1 is 1.10 bits per heavy atom. The molecule has 0 fully saturated rings. The third kappa shape index (κ3) is 4.51. The molecular formula is C14H9BrCl3NO2. The molecule has 7 heteroatoms. The standard InChI is InChI=1S/C14H9BrCl3NO2/c15-8-3-1-2-4-12(8)19-14(20)7-21-13-6-10(17)9(16)5-11(13)18/h1-6H,7H2,(H,19,20). The van der Waals surface area contributed by atoms with E-state index in [4.69, 9.17) is 39.5 Å². The summed E-state index contributed by atoms with van der Waals surface area (Å²) in [5.74, 6) is -0.0163. The van der Waals surface area contributed by atoms with Crippen LogP contribution in [0.1, 0.15) is 0 Å². The van der Waals surface area contributed by atoms with Crippen LogP contribution in [0.4, 0.5) is 5.69 Å². The number of benzene rings is 2. The fourth-order valence-corrected chi connectivity index (χ4v) is 2.48. The average molecular weight is 409 g/mol. The number of ether oxygens (including phenoxy) is 1. The molecule has 0 heterocycles. The van der Waals surface area contributed by atoms with Gasteiger partial charge >= 0.3 is 0 Å². The zero-order chi connectivity index (χ0) is 15.4. The molecule has 0 bridgehead atoms. The molecule has 3 nitrogen and oxygen atoms in total. The van der Waals surface area contributed by atoms with E-state index in [1.165, 1.54) is 12.1 Å². The first-order chi connectivity index (χ1) is 9.97. The predicted molar refractivity (Wildman–Crippen MR) is 89.7 cm³/mol. The Bertz CT molecular complexity index is 679. The van der Waals surface area contributed by atoms with Gasteiger partial charge in [0.25, 0.3) is 5.91 Å². The Morgan fingerprint density at radius 2 is 1.76 bits per heavy atom. The van der Waals surface area contributed by atoms with Crippen molar-refractivity contribution in [1.29, 1.82) is 0 Å². The molecule has 2 aromatic carbocycles. The molecule has 0 spiro atoms. The van der Waals surface area contributed by atoms with E-state index in [0.717, 1.165) is 4.47 Å². The van der Waals surface area contributed by atoms with Crippen LogP contribution in [0.25, 0.3) is 0 Å². The van der Waals surface area contributed by atoms with Gasteiger partial charge in [-0.3, -0.25) is 4.79 Å². The van der Waals surface area contributed by atoms with Crippen LogP contribution in [-0.4, -0.2) is 12.5 Å². The van der Waals surface area contributed by atoms with Crippen molar-refractivity contribution in [2.24, 2.45) is 0 Å². The Balaban J connectivity index is 1.99. The number of hydrogen-bond acceptors (Lipinski definition) is 2. The molecule has 110 valence electrons. The van der Waals surface area contributed by atoms with Crippen molar-refractivity contribution < 1.29 is 9.53 Å². The van der Waals surface area contributed by atoms with Gasteiger partial charge in [-0.1, -0.05) is 46.9 Å². The lowest BCUT2D eigenvalue weighted by Crippen LogP contribution is -2.20. The summed E-state index contributed by atoms with van der Waals surface area (Å²) < 4.78 is 6.13. The van der Waals surface area contributed by atoms with E-state index in [0.29, 0.717) is 21.5 Å². The second-order valence-electron chi connectivity index (χ2n) is 4.01. The maximum absolute atomic E-state index is 11.8. The summed E-state index contributed by atoms with van der Waals surface area (Å²) in [5, 5.41) is 3.64. The Hall–Kier alpha value is -0.940. The quantitative estimate of drug-likeness (QED) is 0.684. The summed E-state index contributed by atoms with van der Waals surface area (Å²) in [6.07, 6.45) is 0. The molecule has 0 saturated carbocycles. The van der Waals surface area contributed by atoms with Crippen LogP contribution < -0.4 is 10.1 Å². The number of halogens is 4. The van der Waals surface area contributed by atoms with Crippen LogP contribution in [0.15, 0.2) is 40.9 Å². The van der Waals surface area contributed by atoms with Crippen molar-refractivity contribution >= 4 is 62.3 Å². The highest BCUT2D eigenvalue weighted by atomic mass is 79.9. The molecule has 1 N–H and O–H groups in total. The molecule has 0 atom stereocenters. The van der Waals surface area contributed by atoms with Crippen LogP contribution >= 0.6 is 50.7 Å². The van der Waals surface area contributed by atoms with E-state index in [9.17, 15) is 4.79 Å². The molecule has 0 radical (unpaired) electrons. The topological polar surface area (TPSA) is 38.3 Å². The third-order valence-corrected chi connectivity index (χ3v) is 4.19. The monoisotopic (exact) mass is 407 g/mol. The number of nitrogens with one attached hydrogen (secondary N) is 1. The SMILES string of the molecule is O=C(COc1cc(Cl)c(Cl)cc1Cl)Nc1ccccc1Br. The summed E-state index contributed by atoms with van der Waals surface area (Å²) in [6, 6.07) is 10.2. The van der Waals surface area contributed by atoms with Gasteiger partial charge in [0.1, 0.15) is 5.75 Å². The van der Waals surface area contributed by atoms with Crippen LogP contribution in [0, 0.1) is 0 Å². The molecule has 0 aliphatic rings. The zero-order valence-electron chi connectivity index (χ0n) is 10.5. The number of carbonyl (C=O) groups excluding carboxylic acids is 1. The van der Waals surface area contributed by atoms with Gasteiger partial charge in [-0.25, -0.2) is 0 Å². The van der Waals surface area contributed by atoms with E-state index in [2.05, 4.69) is 21.2 Å². The minimum Gasteiger partial charge on any atom is -0.482 e. The van der Waals surface area contributed by atoms with Gasteiger partial charge < -0.3 is 10.1 Å². The van der Waals surface area contributed by atoms with Crippen LogP contribution in [0.3, 0.4) is 0 Å². The second kappa shape index (κ2) is 7.36. The number of carbonyl (C=O) groups is 1. The summed E-state index contributed by atoms with van der Waals surface area (Å²) in [7, 11) is 0. The normalized spacial score (nSPS) is 10.3. The molecule has 21 heavy (non-hydrogen) atoms. The molecule has 2 rings (SSSR count). The number of anilines is 1. The molecule has 0 aromatic heterocycles. The Kier molecular flexibility index (Phi) is 5.76. The van der Waals surface area contributed by atoms with Crippen molar-refractivity contribution in [3.63, 3.8) is 0 Å². The van der Waals surface area contributed by atoms with Crippen molar-refractivity contribution in [3.05, 3.63) is 55.9 Å². The van der Waals surface area contributed by atoms with E-state index in [1.54, 1.807) is 6.07 Å². The summed E-state index contributed by atoms with van der Waals surface area (Å²) in [6.45, 7) is -0.195. The summed E-state index contributed by atoms with van der Waals surface area (Å²) in [4.78, 5) is 11.8. The Labute approximate surface area is 145 Å². The molecule has 0 unspecified atom stereocenters. The Morgan fingerprint density at radius 3 is 2.48 bits per heavy atom. The molecular weight excluding hydrogens is 400 g/mol. The maximum atomic E-state index is 11.8. The highest BCUT2D eigenvalue weighted by Crippen LogP contribution is 2.33. The van der Waals surface area contributed by atoms with E-state index >= 15 is 0 Å². The minimum atomic E-state index is -0.316. The number of rotatable bonds is 4. The first-order valence-corrected chi connectivity index (χ1v) is 7.72. The second-order valence-corrected chi connectivity index (χ2v) is 6.09. The van der Waals surface area contributed by atoms with Gasteiger partial charge in [0, 0.05) is 10.5 Å². The third-order valence-electron chi connectivity index (χ3n) is 2.48. The number of para-hydroxylation sites is 1.